The first-order valence-electron chi connectivity index (χ1n) is 9.76. The number of thiophene rings is 1. The zero-order valence-electron chi connectivity index (χ0n) is 16.5. The number of nitrogens with one attached hydrogen (secondary N) is 1. The van der Waals surface area contributed by atoms with Gasteiger partial charge >= 0.3 is 0 Å². The number of H-pyrrole nitrogens is 1. The number of aromatic nitrogens is 5. The largest absolute Gasteiger partial charge is 0.454 e. The van der Waals surface area contributed by atoms with E-state index in [0.717, 1.165) is 11.3 Å². The predicted molar refractivity (Wildman–Crippen MR) is 123 cm³/mol. The van der Waals surface area contributed by atoms with Gasteiger partial charge < -0.3 is 14.5 Å². The standard InChI is InChI=1S/C22H15N5O3S2/c28-21-19-15(8-9-31-19)23-18(24-21)11-32-22-26-25-20(27(22)14-4-2-1-3-5-14)13-6-7-16-17(10-13)30-12-29-16/h1-10H,11-12H2,(H,23,24,28). The maximum Gasteiger partial charge on any atom is 0.268 e. The molecule has 5 aromatic rings. The van der Waals surface area contributed by atoms with Crippen LogP contribution in [0.25, 0.3) is 27.3 Å². The van der Waals surface area contributed by atoms with E-state index >= 15 is 0 Å². The Hall–Kier alpha value is -3.63. The van der Waals surface area contributed by atoms with Gasteiger partial charge in [-0.15, -0.1) is 21.5 Å². The van der Waals surface area contributed by atoms with Crippen LogP contribution < -0.4 is 15.0 Å². The molecule has 0 bridgehead atoms. The number of rotatable bonds is 5. The number of fused-ring (bicyclic) bond motifs is 2. The molecule has 0 spiro atoms. The summed E-state index contributed by atoms with van der Waals surface area (Å²) in [6.07, 6.45) is 0. The molecule has 4 heterocycles. The number of hydrogen-bond acceptors (Lipinski definition) is 8. The summed E-state index contributed by atoms with van der Waals surface area (Å²) in [5, 5.41) is 11.5. The molecule has 0 aliphatic carbocycles. The number of aromatic amines is 1. The van der Waals surface area contributed by atoms with Gasteiger partial charge in [-0.05, 0) is 41.8 Å². The van der Waals surface area contributed by atoms with Crippen LogP contribution >= 0.6 is 23.1 Å². The third-order valence-corrected chi connectivity index (χ3v) is 6.82. The molecule has 1 aliphatic heterocycles. The number of benzene rings is 2. The number of thioether (sulfide) groups is 1. The third kappa shape index (κ3) is 3.33. The van der Waals surface area contributed by atoms with Crippen molar-refractivity contribution in [2.45, 2.75) is 10.9 Å². The number of hydrogen-bond donors (Lipinski definition) is 1. The van der Waals surface area contributed by atoms with E-state index in [-0.39, 0.29) is 12.4 Å². The van der Waals surface area contributed by atoms with Crippen molar-refractivity contribution in [3.63, 3.8) is 0 Å². The van der Waals surface area contributed by atoms with Crippen LogP contribution in [-0.2, 0) is 5.75 Å². The van der Waals surface area contributed by atoms with Gasteiger partial charge in [-0.25, -0.2) is 4.98 Å². The first kappa shape index (κ1) is 19.1. The van der Waals surface area contributed by atoms with Gasteiger partial charge in [0.15, 0.2) is 22.5 Å². The van der Waals surface area contributed by atoms with Crippen molar-refractivity contribution in [1.29, 1.82) is 0 Å². The van der Waals surface area contributed by atoms with Crippen LogP contribution in [0.15, 0.2) is 69.9 Å². The highest BCUT2D eigenvalue weighted by atomic mass is 32.2. The second kappa shape index (κ2) is 7.81. The molecule has 6 rings (SSSR count). The Kier molecular flexibility index (Phi) is 4.66. The van der Waals surface area contributed by atoms with E-state index in [1.54, 1.807) is 0 Å². The molecule has 0 saturated heterocycles. The van der Waals surface area contributed by atoms with Crippen molar-refractivity contribution in [2.75, 3.05) is 6.79 Å². The van der Waals surface area contributed by atoms with Crippen LogP contribution in [0.2, 0.25) is 0 Å². The third-order valence-electron chi connectivity index (χ3n) is 4.98. The average Bonchev–Trinajstić information content (AvgIpc) is 3.56. The van der Waals surface area contributed by atoms with Gasteiger partial charge in [0.1, 0.15) is 10.5 Å². The van der Waals surface area contributed by atoms with Crippen LogP contribution in [0, 0.1) is 0 Å². The van der Waals surface area contributed by atoms with Crippen LogP contribution in [0.1, 0.15) is 5.82 Å². The maximum absolute atomic E-state index is 12.3. The smallest absolute Gasteiger partial charge is 0.268 e. The molecular weight excluding hydrogens is 446 g/mol. The van der Waals surface area contributed by atoms with E-state index in [1.165, 1.54) is 23.1 Å². The molecule has 0 unspecified atom stereocenters. The number of ether oxygens (including phenoxy) is 2. The molecule has 0 atom stereocenters. The van der Waals surface area contributed by atoms with E-state index in [9.17, 15) is 4.79 Å². The van der Waals surface area contributed by atoms with E-state index in [2.05, 4.69) is 20.2 Å². The number of nitrogens with zero attached hydrogens (tertiary/aromatic N) is 4. The Morgan fingerprint density at radius 1 is 1.06 bits per heavy atom. The first-order valence-corrected chi connectivity index (χ1v) is 11.6. The summed E-state index contributed by atoms with van der Waals surface area (Å²) in [7, 11) is 0. The molecule has 1 N–H and O–H groups in total. The molecular formula is C22H15N5O3S2. The topological polar surface area (TPSA) is 94.9 Å². The van der Waals surface area contributed by atoms with Gasteiger partial charge in [0.05, 0.1) is 11.3 Å². The second-order valence-electron chi connectivity index (χ2n) is 6.98. The Bertz CT molecular complexity index is 1490. The molecule has 10 heteroatoms. The Labute approximate surface area is 189 Å². The van der Waals surface area contributed by atoms with Crippen LogP contribution in [0.4, 0.5) is 0 Å². The lowest BCUT2D eigenvalue weighted by Gasteiger charge is -2.10. The minimum atomic E-state index is -0.119. The predicted octanol–water partition coefficient (Wildman–Crippen LogP) is 4.25. The van der Waals surface area contributed by atoms with E-state index < -0.39 is 0 Å². The summed E-state index contributed by atoms with van der Waals surface area (Å²) in [5.74, 6) is 3.13. The zero-order valence-corrected chi connectivity index (χ0v) is 18.2. The molecule has 2 aromatic carbocycles. The molecule has 0 radical (unpaired) electrons. The summed E-state index contributed by atoms with van der Waals surface area (Å²) >= 11 is 2.85. The average molecular weight is 462 g/mol. The fourth-order valence-electron chi connectivity index (χ4n) is 3.52. The Morgan fingerprint density at radius 3 is 2.84 bits per heavy atom. The van der Waals surface area contributed by atoms with Crippen LogP contribution in [0.3, 0.4) is 0 Å². The summed E-state index contributed by atoms with van der Waals surface area (Å²) in [6, 6.07) is 17.5. The quantitative estimate of drug-likeness (QED) is 0.391. The lowest BCUT2D eigenvalue weighted by molar-refractivity contribution is 0.174. The normalized spacial score (nSPS) is 12.5. The van der Waals surface area contributed by atoms with Crippen molar-refractivity contribution in [1.82, 2.24) is 24.7 Å². The van der Waals surface area contributed by atoms with E-state index in [0.29, 0.717) is 44.3 Å². The molecule has 0 saturated carbocycles. The highest BCUT2D eigenvalue weighted by molar-refractivity contribution is 7.98. The Morgan fingerprint density at radius 2 is 1.94 bits per heavy atom. The molecule has 32 heavy (non-hydrogen) atoms. The summed E-state index contributed by atoms with van der Waals surface area (Å²) in [5.41, 5.74) is 2.39. The summed E-state index contributed by atoms with van der Waals surface area (Å²) in [4.78, 5) is 19.7. The second-order valence-corrected chi connectivity index (χ2v) is 8.84. The minimum Gasteiger partial charge on any atom is -0.454 e. The monoisotopic (exact) mass is 461 g/mol. The molecule has 1 aliphatic rings. The highest BCUT2D eigenvalue weighted by Gasteiger charge is 2.20. The van der Waals surface area contributed by atoms with E-state index in [4.69, 9.17) is 9.47 Å². The molecule has 0 amide bonds. The van der Waals surface area contributed by atoms with Crippen LogP contribution in [-0.4, -0.2) is 31.5 Å². The molecule has 3 aromatic heterocycles. The zero-order chi connectivity index (χ0) is 21.5. The van der Waals surface area contributed by atoms with Crippen molar-refractivity contribution >= 4 is 33.3 Å². The molecule has 8 nitrogen and oxygen atoms in total. The van der Waals surface area contributed by atoms with Gasteiger partial charge in [-0.3, -0.25) is 9.36 Å². The van der Waals surface area contributed by atoms with Gasteiger partial charge in [0, 0.05) is 11.3 Å². The summed E-state index contributed by atoms with van der Waals surface area (Å²) < 4.78 is 13.6. The first-order chi connectivity index (χ1) is 15.8. The van der Waals surface area contributed by atoms with Gasteiger partial charge in [-0.1, -0.05) is 30.0 Å². The van der Waals surface area contributed by atoms with Gasteiger partial charge in [0.2, 0.25) is 6.79 Å². The fraction of sp³-hybridized carbons (Fsp3) is 0.0909. The highest BCUT2D eigenvalue weighted by Crippen LogP contribution is 2.37. The van der Waals surface area contributed by atoms with Crippen LogP contribution in [0.5, 0.6) is 11.5 Å². The van der Waals surface area contributed by atoms with Crippen molar-refractivity contribution in [3.05, 3.63) is 76.2 Å². The van der Waals surface area contributed by atoms with Crippen molar-refractivity contribution in [2.24, 2.45) is 0 Å². The van der Waals surface area contributed by atoms with Crippen molar-refractivity contribution in [3.8, 4) is 28.6 Å². The fourth-order valence-corrected chi connectivity index (χ4v) is 5.07. The van der Waals surface area contributed by atoms with E-state index in [1.807, 2.05) is 64.5 Å². The van der Waals surface area contributed by atoms with Gasteiger partial charge in [0.25, 0.3) is 5.56 Å². The van der Waals surface area contributed by atoms with Crippen molar-refractivity contribution < 1.29 is 9.47 Å². The maximum atomic E-state index is 12.3. The minimum absolute atomic E-state index is 0.119. The lowest BCUT2D eigenvalue weighted by Crippen LogP contribution is -2.09. The Balaban J connectivity index is 1.39. The lowest BCUT2D eigenvalue weighted by atomic mass is 10.2. The summed E-state index contributed by atoms with van der Waals surface area (Å²) in [6.45, 7) is 0.213. The SMILES string of the molecule is O=c1[nH]c(CSc2nnc(-c3ccc4c(c3)OCO4)n2-c2ccccc2)nc2ccsc12. The number of para-hydroxylation sites is 1. The molecule has 158 valence electrons. The molecule has 0 fully saturated rings. The van der Waals surface area contributed by atoms with Gasteiger partial charge in [-0.2, -0.15) is 0 Å².